The number of pyridine rings is 1. The van der Waals surface area contributed by atoms with Gasteiger partial charge in [-0.15, -0.1) is 11.3 Å². The largest absolute Gasteiger partial charge is 0.321 e. The second-order valence-electron chi connectivity index (χ2n) is 5.67. The molecule has 0 bridgehead atoms. The fourth-order valence-corrected chi connectivity index (χ4v) is 3.77. The van der Waals surface area contributed by atoms with Crippen LogP contribution in [0.4, 0.5) is 5.69 Å². The second-order valence-corrected chi connectivity index (χ2v) is 6.55. The molecule has 1 amide bonds. The van der Waals surface area contributed by atoms with Gasteiger partial charge in [-0.2, -0.15) is 0 Å². The number of carbonyl (C=O) groups excluding carboxylic acids is 1. The van der Waals surface area contributed by atoms with Crippen molar-refractivity contribution >= 4 is 39.5 Å². The van der Waals surface area contributed by atoms with Crippen molar-refractivity contribution in [2.75, 3.05) is 5.32 Å². The Balaban J connectivity index is 1.76. The van der Waals surface area contributed by atoms with Crippen molar-refractivity contribution in [1.82, 2.24) is 14.4 Å². The molecule has 0 unspecified atom stereocenters. The van der Waals surface area contributed by atoms with Crippen LogP contribution < -0.4 is 5.32 Å². The minimum absolute atomic E-state index is 0.0987. The molecular formula is C19H12N4OS. The van der Waals surface area contributed by atoms with Crippen molar-refractivity contribution in [3.63, 3.8) is 0 Å². The van der Waals surface area contributed by atoms with Gasteiger partial charge in [-0.05, 0) is 24.3 Å². The predicted molar refractivity (Wildman–Crippen MR) is 99.2 cm³/mol. The van der Waals surface area contributed by atoms with Crippen molar-refractivity contribution in [2.45, 2.75) is 0 Å². The lowest BCUT2D eigenvalue weighted by Gasteiger charge is -2.01. The summed E-state index contributed by atoms with van der Waals surface area (Å²) in [5.74, 6) is -0.0987. The molecular weight excluding hydrogens is 332 g/mol. The third kappa shape index (κ3) is 2.19. The molecule has 5 rings (SSSR count). The summed E-state index contributed by atoms with van der Waals surface area (Å²) in [7, 11) is 0. The normalized spacial score (nSPS) is 14.9. The topological polar surface area (TPSA) is 59.3 Å². The van der Waals surface area contributed by atoms with Gasteiger partial charge in [-0.1, -0.05) is 24.3 Å². The number of carbonyl (C=O) groups is 1. The summed E-state index contributed by atoms with van der Waals surface area (Å²) in [6, 6.07) is 13.4. The van der Waals surface area contributed by atoms with E-state index in [-0.39, 0.29) is 5.91 Å². The number of benzene rings is 1. The average Bonchev–Trinajstić information content (AvgIpc) is 3.31. The van der Waals surface area contributed by atoms with Gasteiger partial charge in [-0.25, -0.2) is 4.98 Å². The van der Waals surface area contributed by atoms with Crippen molar-refractivity contribution in [3.05, 3.63) is 71.5 Å². The molecule has 0 saturated heterocycles. The van der Waals surface area contributed by atoms with Gasteiger partial charge in [0.25, 0.3) is 5.91 Å². The molecule has 4 heterocycles. The molecule has 120 valence electrons. The summed E-state index contributed by atoms with van der Waals surface area (Å²) in [4.78, 5) is 22.5. The second kappa shape index (κ2) is 5.39. The predicted octanol–water partition coefficient (Wildman–Crippen LogP) is 3.95. The van der Waals surface area contributed by atoms with Crippen molar-refractivity contribution < 1.29 is 4.79 Å². The Morgan fingerprint density at radius 2 is 2.00 bits per heavy atom. The van der Waals surface area contributed by atoms with Crippen molar-refractivity contribution in [1.29, 1.82) is 0 Å². The van der Waals surface area contributed by atoms with E-state index in [1.165, 1.54) is 0 Å². The Morgan fingerprint density at radius 1 is 1.12 bits per heavy atom. The number of hydrogen-bond donors (Lipinski definition) is 1. The molecule has 0 fully saturated rings. The van der Waals surface area contributed by atoms with Crippen LogP contribution in [0, 0.1) is 0 Å². The van der Waals surface area contributed by atoms with Gasteiger partial charge < -0.3 is 5.32 Å². The van der Waals surface area contributed by atoms with E-state index in [0.29, 0.717) is 5.57 Å². The Hall–Kier alpha value is -3.25. The van der Waals surface area contributed by atoms with Crippen molar-refractivity contribution in [2.24, 2.45) is 0 Å². The quantitative estimate of drug-likeness (QED) is 0.560. The van der Waals surface area contributed by atoms with Crippen LogP contribution in [-0.4, -0.2) is 20.3 Å². The highest BCUT2D eigenvalue weighted by Crippen LogP contribution is 2.35. The Labute approximate surface area is 147 Å². The number of fused-ring (bicyclic) bond motifs is 2. The lowest BCUT2D eigenvalue weighted by molar-refractivity contribution is -0.110. The highest BCUT2D eigenvalue weighted by atomic mass is 32.1. The maximum atomic E-state index is 12.5. The molecule has 1 N–H and O–H groups in total. The van der Waals surface area contributed by atoms with E-state index >= 15 is 0 Å². The Morgan fingerprint density at radius 3 is 2.88 bits per heavy atom. The molecule has 0 atom stereocenters. The van der Waals surface area contributed by atoms with E-state index in [0.717, 1.165) is 33.3 Å². The summed E-state index contributed by atoms with van der Waals surface area (Å²) in [5, 5.41) is 4.89. The Kier molecular flexibility index (Phi) is 3.05. The molecule has 0 aliphatic carbocycles. The van der Waals surface area contributed by atoms with E-state index < -0.39 is 0 Å². The molecule has 4 aromatic rings. The van der Waals surface area contributed by atoms with Crippen LogP contribution in [0.3, 0.4) is 0 Å². The molecule has 1 aliphatic rings. The molecule has 25 heavy (non-hydrogen) atoms. The monoisotopic (exact) mass is 344 g/mol. The van der Waals surface area contributed by atoms with Crippen LogP contribution in [0.5, 0.6) is 0 Å². The number of rotatable bonds is 2. The molecule has 6 heteroatoms. The highest BCUT2D eigenvalue weighted by Gasteiger charge is 2.25. The summed E-state index contributed by atoms with van der Waals surface area (Å²) >= 11 is 1.56. The summed E-state index contributed by atoms with van der Waals surface area (Å²) in [6.45, 7) is 0. The number of amides is 1. The maximum Gasteiger partial charge on any atom is 0.256 e. The number of para-hydroxylation sites is 1. The summed E-state index contributed by atoms with van der Waals surface area (Å²) < 4.78 is 2.00. The zero-order valence-electron chi connectivity index (χ0n) is 13.0. The van der Waals surface area contributed by atoms with E-state index in [4.69, 9.17) is 4.98 Å². The first-order chi connectivity index (χ1) is 12.3. The summed E-state index contributed by atoms with van der Waals surface area (Å²) in [5.41, 5.74) is 4.81. The van der Waals surface area contributed by atoms with Crippen LogP contribution in [0.15, 0.2) is 60.2 Å². The van der Waals surface area contributed by atoms with Crippen LogP contribution >= 0.6 is 11.3 Å². The SMILES string of the molecule is O=C1Nc2ccccc2/C1=C\c1c(-c2ccccn2)nc2sccn12. The fraction of sp³-hybridized carbons (Fsp3) is 0. The number of thiazole rings is 1. The van der Waals surface area contributed by atoms with E-state index in [1.54, 1.807) is 17.5 Å². The molecule has 5 nitrogen and oxygen atoms in total. The summed E-state index contributed by atoms with van der Waals surface area (Å²) in [6.07, 6.45) is 5.61. The van der Waals surface area contributed by atoms with Gasteiger partial charge in [0.1, 0.15) is 5.69 Å². The highest BCUT2D eigenvalue weighted by molar-refractivity contribution is 7.15. The standard InChI is InChI=1S/C19H12N4OS/c24-18-13(12-5-1-2-6-14(12)21-18)11-16-17(15-7-3-4-8-20-15)22-19-23(16)9-10-25-19/h1-11H,(H,21,24)/b13-11+. The average molecular weight is 344 g/mol. The fourth-order valence-electron chi connectivity index (χ4n) is 3.05. The minimum atomic E-state index is -0.0987. The first-order valence-electron chi connectivity index (χ1n) is 7.81. The van der Waals surface area contributed by atoms with Gasteiger partial charge in [-0.3, -0.25) is 14.2 Å². The van der Waals surface area contributed by atoms with Gasteiger partial charge in [0.15, 0.2) is 4.96 Å². The lowest BCUT2D eigenvalue weighted by Crippen LogP contribution is -2.04. The molecule has 1 aliphatic heterocycles. The zero-order valence-corrected chi connectivity index (χ0v) is 13.8. The minimum Gasteiger partial charge on any atom is -0.321 e. The van der Waals surface area contributed by atoms with Crippen molar-refractivity contribution in [3.8, 4) is 11.4 Å². The maximum absolute atomic E-state index is 12.5. The molecule has 1 aromatic carbocycles. The number of nitrogens with one attached hydrogen (secondary N) is 1. The molecule has 3 aromatic heterocycles. The van der Waals surface area contributed by atoms with Gasteiger partial charge in [0.05, 0.1) is 17.0 Å². The lowest BCUT2D eigenvalue weighted by atomic mass is 10.1. The molecule has 0 radical (unpaired) electrons. The Bertz CT molecular complexity index is 1140. The first-order valence-corrected chi connectivity index (χ1v) is 8.68. The number of hydrogen-bond acceptors (Lipinski definition) is 4. The molecule has 0 spiro atoms. The van der Waals surface area contributed by atoms with Gasteiger partial charge in [0, 0.05) is 29.0 Å². The van der Waals surface area contributed by atoms with E-state index in [9.17, 15) is 4.79 Å². The van der Waals surface area contributed by atoms with E-state index in [2.05, 4.69) is 10.3 Å². The van der Waals surface area contributed by atoms with Crippen LogP contribution in [-0.2, 0) is 4.79 Å². The van der Waals surface area contributed by atoms with E-state index in [1.807, 2.05) is 64.5 Å². The third-order valence-electron chi connectivity index (χ3n) is 4.20. The number of imidazole rings is 1. The van der Waals surface area contributed by atoms with Gasteiger partial charge in [0.2, 0.25) is 0 Å². The van der Waals surface area contributed by atoms with Gasteiger partial charge >= 0.3 is 0 Å². The number of anilines is 1. The van der Waals surface area contributed by atoms with Crippen LogP contribution in [0.1, 0.15) is 11.3 Å². The van der Waals surface area contributed by atoms with Crippen LogP contribution in [0.2, 0.25) is 0 Å². The first kappa shape index (κ1) is 14.1. The molecule has 0 saturated carbocycles. The third-order valence-corrected chi connectivity index (χ3v) is 4.95. The zero-order chi connectivity index (χ0) is 16.8. The smallest absolute Gasteiger partial charge is 0.256 e. The number of nitrogens with zero attached hydrogens (tertiary/aromatic N) is 3. The van der Waals surface area contributed by atoms with Crippen LogP contribution in [0.25, 0.3) is 28.0 Å². The number of aromatic nitrogens is 3.